The number of aromatic nitrogens is 3. The van der Waals surface area contributed by atoms with Gasteiger partial charge in [0.1, 0.15) is 5.82 Å². The predicted octanol–water partition coefficient (Wildman–Crippen LogP) is 0.730. The van der Waals surface area contributed by atoms with Gasteiger partial charge in [-0.05, 0) is 19.8 Å². The van der Waals surface area contributed by atoms with Crippen molar-refractivity contribution in [3.05, 3.63) is 11.6 Å². The summed E-state index contributed by atoms with van der Waals surface area (Å²) in [5.74, 6) is -0.735. The van der Waals surface area contributed by atoms with Crippen LogP contribution in [0.2, 0.25) is 0 Å². The molecule has 1 fully saturated rings. The summed E-state index contributed by atoms with van der Waals surface area (Å²) in [4.78, 5) is 26.3. The molecule has 1 saturated heterocycles. The van der Waals surface area contributed by atoms with Gasteiger partial charge >= 0.3 is 12.1 Å². The molecule has 0 N–H and O–H groups in total. The van der Waals surface area contributed by atoms with Crippen LogP contribution in [0.1, 0.15) is 24.5 Å². The number of nitrogens with zero attached hydrogens (tertiary/aromatic N) is 5. The van der Waals surface area contributed by atoms with E-state index >= 15 is 0 Å². The van der Waals surface area contributed by atoms with Gasteiger partial charge in [-0.25, -0.2) is 0 Å². The molecule has 0 bridgehead atoms. The molecule has 132 valence electrons. The zero-order valence-electron chi connectivity index (χ0n) is 13.2. The van der Waals surface area contributed by atoms with E-state index in [9.17, 15) is 22.8 Å². The number of carbonyl (C=O) groups is 2. The van der Waals surface area contributed by atoms with Gasteiger partial charge < -0.3 is 14.4 Å². The van der Waals surface area contributed by atoms with Crippen LogP contribution in [0.25, 0.3) is 0 Å². The summed E-state index contributed by atoms with van der Waals surface area (Å²) in [7, 11) is 0. The topological polar surface area (TPSA) is 71.3 Å². The largest absolute Gasteiger partial charge is 0.471 e. The Balaban J connectivity index is 1.57. The Labute approximate surface area is 136 Å². The Hall–Kier alpha value is -2.13. The average molecular weight is 345 g/mol. The van der Waals surface area contributed by atoms with E-state index in [0.717, 1.165) is 16.5 Å². The van der Waals surface area contributed by atoms with Crippen LogP contribution in [0.5, 0.6) is 0 Å². The van der Waals surface area contributed by atoms with Crippen LogP contribution in [0, 0.1) is 12.8 Å². The molecule has 0 unspecified atom stereocenters. The number of alkyl halides is 3. The lowest BCUT2D eigenvalue weighted by Crippen LogP contribution is -2.49. The van der Waals surface area contributed by atoms with Crippen molar-refractivity contribution >= 4 is 11.8 Å². The Morgan fingerprint density at radius 3 is 2.33 bits per heavy atom. The van der Waals surface area contributed by atoms with Crippen molar-refractivity contribution in [1.82, 2.24) is 24.6 Å². The SMILES string of the molecule is Cc1nnc2n1CCN(C(=O)C1CCN(C(=O)C(F)(F)F)CC1)C2. The summed E-state index contributed by atoms with van der Waals surface area (Å²) in [6, 6.07) is 0. The van der Waals surface area contributed by atoms with E-state index in [-0.39, 0.29) is 37.8 Å². The van der Waals surface area contributed by atoms with E-state index in [4.69, 9.17) is 0 Å². The van der Waals surface area contributed by atoms with Gasteiger partial charge in [-0.3, -0.25) is 9.59 Å². The molecule has 24 heavy (non-hydrogen) atoms. The van der Waals surface area contributed by atoms with Crippen molar-refractivity contribution in [2.45, 2.75) is 39.0 Å². The maximum Gasteiger partial charge on any atom is 0.471 e. The third kappa shape index (κ3) is 3.09. The number of likely N-dealkylation sites (tertiary alicyclic amines) is 1. The van der Waals surface area contributed by atoms with E-state index in [1.54, 1.807) is 4.90 Å². The second kappa shape index (κ2) is 6.06. The summed E-state index contributed by atoms with van der Waals surface area (Å²) in [6.45, 7) is 3.27. The Bertz CT molecular complexity index is 649. The fraction of sp³-hybridized carbons (Fsp3) is 0.714. The number of hydrogen-bond donors (Lipinski definition) is 0. The molecule has 0 atom stereocenters. The van der Waals surface area contributed by atoms with Gasteiger partial charge in [-0.1, -0.05) is 0 Å². The first kappa shape index (κ1) is 16.7. The molecule has 1 aromatic heterocycles. The molecular formula is C14H18F3N5O2. The zero-order valence-corrected chi connectivity index (χ0v) is 13.2. The highest BCUT2D eigenvalue weighted by atomic mass is 19.4. The van der Waals surface area contributed by atoms with Crippen molar-refractivity contribution < 1.29 is 22.8 Å². The van der Waals surface area contributed by atoms with Crippen LogP contribution in [0.4, 0.5) is 13.2 Å². The summed E-state index contributed by atoms with van der Waals surface area (Å²) in [6.07, 6.45) is -4.35. The van der Waals surface area contributed by atoms with E-state index in [2.05, 4.69) is 10.2 Å². The predicted molar refractivity (Wildman–Crippen MR) is 75.5 cm³/mol. The van der Waals surface area contributed by atoms with Gasteiger partial charge in [0, 0.05) is 32.1 Å². The summed E-state index contributed by atoms with van der Waals surface area (Å²) < 4.78 is 39.3. The van der Waals surface area contributed by atoms with E-state index in [0.29, 0.717) is 19.6 Å². The van der Waals surface area contributed by atoms with Crippen molar-refractivity contribution in [2.24, 2.45) is 5.92 Å². The Morgan fingerprint density at radius 2 is 1.71 bits per heavy atom. The minimum absolute atomic E-state index is 0.0438. The third-order valence-corrected chi connectivity index (χ3v) is 4.62. The molecular weight excluding hydrogens is 327 g/mol. The van der Waals surface area contributed by atoms with Crippen LogP contribution in [0.15, 0.2) is 0 Å². The highest BCUT2D eigenvalue weighted by Crippen LogP contribution is 2.26. The third-order valence-electron chi connectivity index (χ3n) is 4.62. The average Bonchev–Trinajstić information content (AvgIpc) is 2.93. The van der Waals surface area contributed by atoms with Crippen molar-refractivity contribution in [2.75, 3.05) is 19.6 Å². The molecule has 0 spiro atoms. The lowest BCUT2D eigenvalue weighted by Gasteiger charge is -2.35. The van der Waals surface area contributed by atoms with Crippen molar-refractivity contribution in [3.8, 4) is 0 Å². The van der Waals surface area contributed by atoms with Gasteiger partial charge in [0.2, 0.25) is 5.91 Å². The van der Waals surface area contributed by atoms with E-state index in [1.165, 1.54) is 0 Å². The van der Waals surface area contributed by atoms with Gasteiger partial charge in [0.15, 0.2) is 5.82 Å². The van der Waals surface area contributed by atoms with Crippen LogP contribution < -0.4 is 0 Å². The van der Waals surface area contributed by atoms with Crippen LogP contribution in [-0.4, -0.2) is 62.2 Å². The fourth-order valence-corrected chi connectivity index (χ4v) is 3.26. The number of fused-ring (bicyclic) bond motifs is 1. The first-order chi connectivity index (χ1) is 11.3. The second-order valence-corrected chi connectivity index (χ2v) is 6.14. The summed E-state index contributed by atoms with van der Waals surface area (Å²) >= 11 is 0. The number of halogens is 3. The van der Waals surface area contributed by atoms with Gasteiger partial charge in [-0.15, -0.1) is 10.2 Å². The van der Waals surface area contributed by atoms with Gasteiger partial charge in [0.25, 0.3) is 0 Å². The quantitative estimate of drug-likeness (QED) is 0.752. The molecule has 7 nitrogen and oxygen atoms in total. The molecule has 10 heteroatoms. The molecule has 2 aliphatic rings. The van der Waals surface area contributed by atoms with E-state index < -0.39 is 12.1 Å². The molecule has 1 aromatic rings. The van der Waals surface area contributed by atoms with Gasteiger partial charge in [-0.2, -0.15) is 13.2 Å². The first-order valence-electron chi connectivity index (χ1n) is 7.81. The molecule has 2 aliphatic heterocycles. The maximum absolute atomic E-state index is 12.6. The monoisotopic (exact) mass is 345 g/mol. The number of piperidine rings is 1. The van der Waals surface area contributed by atoms with Crippen LogP contribution >= 0.6 is 0 Å². The molecule has 3 rings (SSSR count). The lowest BCUT2D eigenvalue weighted by atomic mass is 9.95. The van der Waals surface area contributed by atoms with Gasteiger partial charge in [0.05, 0.1) is 6.54 Å². The minimum Gasteiger partial charge on any atom is -0.335 e. The van der Waals surface area contributed by atoms with Crippen LogP contribution in [-0.2, 0) is 22.7 Å². The highest BCUT2D eigenvalue weighted by molar-refractivity contribution is 5.83. The Morgan fingerprint density at radius 1 is 1.04 bits per heavy atom. The molecule has 0 aromatic carbocycles. The van der Waals surface area contributed by atoms with Crippen molar-refractivity contribution in [1.29, 1.82) is 0 Å². The summed E-state index contributed by atoms with van der Waals surface area (Å²) in [5.41, 5.74) is 0. The molecule has 0 saturated carbocycles. The van der Waals surface area contributed by atoms with E-state index in [1.807, 2.05) is 11.5 Å². The molecule has 3 heterocycles. The number of aryl methyl sites for hydroxylation is 1. The normalized spacial score (nSPS) is 19.3. The highest BCUT2D eigenvalue weighted by Gasteiger charge is 2.44. The lowest BCUT2D eigenvalue weighted by molar-refractivity contribution is -0.187. The molecule has 0 aliphatic carbocycles. The second-order valence-electron chi connectivity index (χ2n) is 6.14. The molecule has 2 amide bonds. The summed E-state index contributed by atoms with van der Waals surface area (Å²) in [5, 5.41) is 8.02. The molecule has 0 radical (unpaired) electrons. The van der Waals surface area contributed by atoms with Crippen molar-refractivity contribution in [3.63, 3.8) is 0 Å². The minimum atomic E-state index is -4.86. The number of hydrogen-bond acceptors (Lipinski definition) is 4. The smallest absolute Gasteiger partial charge is 0.335 e. The number of amides is 2. The van der Waals surface area contributed by atoms with Crippen LogP contribution in [0.3, 0.4) is 0 Å². The standard InChI is InChI=1S/C14H18F3N5O2/c1-9-18-19-11-8-21(6-7-22(9)11)12(23)10-2-4-20(5-3-10)13(24)14(15,16)17/h10H,2-8H2,1H3. The fourth-order valence-electron chi connectivity index (χ4n) is 3.26. The first-order valence-corrected chi connectivity index (χ1v) is 7.81. The number of carbonyl (C=O) groups excluding carboxylic acids is 2. The maximum atomic E-state index is 12.6. The zero-order chi connectivity index (χ0) is 17.5. The Kier molecular flexibility index (Phi) is 4.22. The number of rotatable bonds is 1.